The quantitative estimate of drug-likeness (QED) is 0.435. The molecule has 2 aromatic rings. The number of nitrogens with zero attached hydrogens (tertiary/aromatic N) is 1. The van der Waals surface area contributed by atoms with Gasteiger partial charge in [-0.25, -0.2) is 4.79 Å². The molecule has 0 unspecified atom stereocenters. The van der Waals surface area contributed by atoms with Gasteiger partial charge in [-0.2, -0.15) is 0 Å². The van der Waals surface area contributed by atoms with Crippen LogP contribution in [0.4, 0.5) is 0 Å². The van der Waals surface area contributed by atoms with Crippen LogP contribution < -0.4 is 5.32 Å². The molecule has 0 bridgehead atoms. The molecule has 30 heavy (non-hydrogen) atoms. The molecule has 7 nitrogen and oxygen atoms in total. The van der Waals surface area contributed by atoms with Gasteiger partial charge in [0.05, 0.1) is 12.2 Å². The molecule has 164 valence electrons. The summed E-state index contributed by atoms with van der Waals surface area (Å²) in [5.41, 5.74) is 4.23. The molecule has 1 aromatic heterocycles. The Balaban J connectivity index is 2.03. The summed E-state index contributed by atoms with van der Waals surface area (Å²) in [6.07, 6.45) is 0. The zero-order chi connectivity index (χ0) is 22.1. The van der Waals surface area contributed by atoms with Crippen LogP contribution in [0.3, 0.4) is 0 Å². The summed E-state index contributed by atoms with van der Waals surface area (Å²) in [6.45, 7) is 11.6. The van der Waals surface area contributed by atoms with Crippen molar-refractivity contribution in [3.63, 3.8) is 0 Å². The van der Waals surface area contributed by atoms with E-state index in [0.29, 0.717) is 35.7 Å². The van der Waals surface area contributed by atoms with E-state index in [4.69, 9.17) is 9.47 Å². The maximum Gasteiger partial charge on any atom is 0.340 e. The summed E-state index contributed by atoms with van der Waals surface area (Å²) in [6, 6.07) is 8.23. The Morgan fingerprint density at radius 2 is 1.80 bits per heavy atom. The fraction of sp³-hybridized carbons (Fsp3) is 0.478. The fourth-order valence-corrected chi connectivity index (χ4v) is 3.39. The minimum Gasteiger partial charge on any atom is -0.460 e. The number of carbonyl (C=O) groups excluding carboxylic acids is 2. The van der Waals surface area contributed by atoms with Crippen LogP contribution in [-0.2, 0) is 22.6 Å². The number of nitrogens with one attached hydrogen (secondary N) is 2. The van der Waals surface area contributed by atoms with E-state index in [9.17, 15) is 9.59 Å². The van der Waals surface area contributed by atoms with E-state index in [0.717, 1.165) is 25.2 Å². The van der Waals surface area contributed by atoms with E-state index >= 15 is 0 Å². The number of H-pyrrole nitrogens is 1. The van der Waals surface area contributed by atoms with Crippen LogP contribution in [0, 0.1) is 13.8 Å². The van der Waals surface area contributed by atoms with Gasteiger partial charge in [-0.05, 0) is 43.6 Å². The molecule has 1 heterocycles. The van der Waals surface area contributed by atoms with Crippen LogP contribution in [0.1, 0.15) is 57.1 Å². The normalized spacial score (nSPS) is 11.0. The first-order valence-corrected chi connectivity index (χ1v) is 10.3. The molecule has 0 saturated heterocycles. The Hall–Kier alpha value is -2.64. The summed E-state index contributed by atoms with van der Waals surface area (Å²) in [7, 11) is 1.54. The van der Waals surface area contributed by atoms with Crippen LogP contribution >= 0.6 is 0 Å². The molecule has 1 aromatic carbocycles. The maximum absolute atomic E-state index is 12.7. The summed E-state index contributed by atoms with van der Waals surface area (Å²) in [5.74, 6) is -0.706. The predicted octanol–water partition coefficient (Wildman–Crippen LogP) is 3.21. The summed E-state index contributed by atoms with van der Waals surface area (Å²) < 4.78 is 10.1. The lowest BCUT2D eigenvalue weighted by Crippen LogP contribution is -2.24. The van der Waals surface area contributed by atoms with Crippen molar-refractivity contribution in [3.8, 4) is 0 Å². The highest BCUT2D eigenvalue weighted by Gasteiger charge is 2.22. The molecule has 0 fully saturated rings. The number of aromatic nitrogens is 1. The summed E-state index contributed by atoms with van der Waals surface area (Å²) in [4.78, 5) is 30.4. The van der Waals surface area contributed by atoms with Gasteiger partial charge in [-0.3, -0.25) is 9.69 Å². The van der Waals surface area contributed by atoms with Crippen LogP contribution in [0.25, 0.3) is 0 Å². The number of aryl methyl sites for hydroxylation is 1. The third-order valence-electron chi connectivity index (χ3n) is 5.13. The monoisotopic (exact) mass is 415 g/mol. The van der Waals surface area contributed by atoms with Gasteiger partial charge < -0.3 is 19.8 Å². The largest absolute Gasteiger partial charge is 0.460 e. The van der Waals surface area contributed by atoms with Crippen LogP contribution in [0.15, 0.2) is 24.3 Å². The van der Waals surface area contributed by atoms with Gasteiger partial charge in [0.1, 0.15) is 12.3 Å². The van der Waals surface area contributed by atoms with Crippen molar-refractivity contribution in [2.75, 3.05) is 33.4 Å². The molecule has 7 heteroatoms. The van der Waals surface area contributed by atoms with E-state index in [1.807, 2.05) is 12.1 Å². The van der Waals surface area contributed by atoms with E-state index in [2.05, 4.69) is 41.2 Å². The zero-order valence-corrected chi connectivity index (χ0v) is 18.6. The second kappa shape index (κ2) is 11.5. The Bertz CT molecular complexity index is 856. The van der Waals surface area contributed by atoms with Crippen molar-refractivity contribution in [2.24, 2.45) is 0 Å². The third kappa shape index (κ3) is 6.18. The number of methoxy groups -OCH3 is 1. The molecule has 2 rings (SSSR count). The number of ether oxygens (including phenoxy) is 2. The highest BCUT2D eigenvalue weighted by Crippen LogP contribution is 2.19. The van der Waals surface area contributed by atoms with Gasteiger partial charge in [0, 0.05) is 25.9 Å². The SMILES string of the molecule is CCN(CC)Cc1cccc(CNC(=O)c2[nH]c(C)c(C(=O)OCCOC)c2C)c1. The van der Waals surface area contributed by atoms with Crippen LogP contribution in [0.5, 0.6) is 0 Å². The number of hydrogen-bond acceptors (Lipinski definition) is 5. The molecule has 0 saturated carbocycles. The second-order valence-corrected chi connectivity index (χ2v) is 7.22. The first kappa shape index (κ1) is 23.6. The van der Waals surface area contributed by atoms with Gasteiger partial charge in [-0.1, -0.05) is 38.1 Å². The Labute approximate surface area is 178 Å². The van der Waals surface area contributed by atoms with Crippen molar-refractivity contribution in [1.29, 1.82) is 0 Å². The van der Waals surface area contributed by atoms with E-state index < -0.39 is 5.97 Å². The lowest BCUT2D eigenvalue weighted by Gasteiger charge is -2.18. The Morgan fingerprint density at radius 3 is 2.47 bits per heavy atom. The van der Waals surface area contributed by atoms with Crippen LogP contribution in [0.2, 0.25) is 0 Å². The zero-order valence-electron chi connectivity index (χ0n) is 18.6. The maximum atomic E-state index is 12.7. The van der Waals surface area contributed by atoms with Gasteiger partial charge in [-0.15, -0.1) is 0 Å². The molecule has 1 amide bonds. The first-order chi connectivity index (χ1) is 14.4. The molecule has 0 spiro atoms. The molecule has 0 aliphatic heterocycles. The molecule has 0 radical (unpaired) electrons. The highest BCUT2D eigenvalue weighted by molar-refractivity contribution is 6.00. The average Bonchev–Trinajstić information content (AvgIpc) is 3.04. The standard InChI is InChI=1S/C23H33N3O4/c1-6-26(7-2)15-19-10-8-9-18(13-19)14-24-22(27)21-16(3)20(17(4)25-21)23(28)30-12-11-29-5/h8-10,13,25H,6-7,11-12,14-15H2,1-5H3,(H,24,27). The number of amides is 1. The third-order valence-corrected chi connectivity index (χ3v) is 5.13. The number of esters is 1. The van der Waals surface area contributed by atoms with Gasteiger partial charge in [0.2, 0.25) is 0 Å². The lowest BCUT2D eigenvalue weighted by atomic mass is 10.1. The molecule has 0 atom stereocenters. The molecular weight excluding hydrogens is 382 g/mol. The lowest BCUT2D eigenvalue weighted by molar-refractivity contribution is 0.0387. The topological polar surface area (TPSA) is 83.7 Å². The average molecular weight is 416 g/mol. The highest BCUT2D eigenvalue weighted by atomic mass is 16.6. The number of benzene rings is 1. The van der Waals surface area contributed by atoms with Gasteiger partial charge in [0.15, 0.2) is 0 Å². The molecule has 2 N–H and O–H groups in total. The van der Waals surface area contributed by atoms with Gasteiger partial charge in [0.25, 0.3) is 5.91 Å². The van der Waals surface area contributed by atoms with Crippen molar-refractivity contribution in [1.82, 2.24) is 15.2 Å². The first-order valence-electron chi connectivity index (χ1n) is 10.3. The molecule has 0 aliphatic rings. The Morgan fingerprint density at radius 1 is 1.10 bits per heavy atom. The smallest absolute Gasteiger partial charge is 0.340 e. The number of rotatable bonds is 11. The van der Waals surface area contributed by atoms with Crippen molar-refractivity contribution in [3.05, 3.63) is 57.9 Å². The van der Waals surface area contributed by atoms with E-state index in [-0.39, 0.29) is 12.5 Å². The minimum absolute atomic E-state index is 0.171. The second-order valence-electron chi connectivity index (χ2n) is 7.22. The summed E-state index contributed by atoms with van der Waals surface area (Å²) >= 11 is 0. The van der Waals surface area contributed by atoms with Crippen molar-refractivity contribution >= 4 is 11.9 Å². The van der Waals surface area contributed by atoms with Crippen LogP contribution in [-0.4, -0.2) is 55.2 Å². The van der Waals surface area contributed by atoms with Crippen molar-refractivity contribution < 1.29 is 19.1 Å². The molecule has 0 aliphatic carbocycles. The van der Waals surface area contributed by atoms with Gasteiger partial charge >= 0.3 is 5.97 Å². The number of carbonyl (C=O) groups is 2. The Kier molecular flexibility index (Phi) is 9.08. The van der Waals surface area contributed by atoms with Crippen molar-refractivity contribution in [2.45, 2.75) is 40.8 Å². The van der Waals surface area contributed by atoms with E-state index in [1.165, 1.54) is 5.56 Å². The van der Waals surface area contributed by atoms with E-state index in [1.54, 1.807) is 21.0 Å². The predicted molar refractivity (Wildman–Crippen MR) is 117 cm³/mol. The minimum atomic E-state index is -0.457. The molecular formula is C23H33N3O4. The summed E-state index contributed by atoms with van der Waals surface area (Å²) in [5, 5.41) is 2.94. The fourth-order valence-electron chi connectivity index (χ4n) is 3.39. The number of hydrogen-bond donors (Lipinski definition) is 2. The number of aromatic amines is 1.